The second kappa shape index (κ2) is 6.56. The number of carbonyl (C=O) groups is 2. The molecule has 23 heavy (non-hydrogen) atoms. The monoisotopic (exact) mass is 404 g/mol. The third kappa shape index (κ3) is 3.89. The fraction of sp³-hybridized carbons (Fsp3) is 0.500. The van der Waals surface area contributed by atoms with Crippen molar-refractivity contribution in [2.75, 3.05) is 18.2 Å². The second-order valence-electron chi connectivity index (χ2n) is 5.86. The maximum absolute atomic E-state index is 12.6. The lowest BCUT2D eigenvalue weighted by Crippen LogP contribution is -2.34. The molecule has 0 saturated carbocycles. The van der Waals surface area contributed by atoms with Crippen molar-refractivity contribution in [3.63, 3.8) is 0 Å². The summed E-state index contributed by atoms with van der Waals surface area (Å²) < 4.78 is 11.8. The Labute approximate surface area is 145 Å². The van der Waals surface area contributed by atoms with Gasteiger partial charge in [0.2, 0.25) is 0 Å². The van der Waals surface area contributed by atoms with Crippen LogP contribution in [0.1, 0.15) is 26.8 Å². The average Bonchev–Trinajstić information content (AvgIpc) is 2.87. The van der Waals surface area contributed by atoms with Crippen LogP contribution in [-0.2, 0) is 14.3 Å². The summed E-state index contributed by atoms with van der Waals surface area (Å²) >= 11 is 4.73. The molecule has 1 aliphatic rings. The maximum atomic E-state index is 12.6. The van der Waals surface area contributed by atoms with Crippen LogP contribution >= 0.6 is 27.7 Å². The summed E-state index contributed by atoms with van der Waals surface area (Å²) in [6.07, 6.45) is -0.734. The van der Waals surface area contributed by atoms with E-state index in [-0.39, 0.29) is 5.69 Å². The summed E-state index contributed by atoms with van der Waals surface area (Å²) in [5.74, 6) is -0.101. The van der Waals surface area contributed by atoms with E-state index in [9.17, 15) is 14.4 Å². The number of rotatable bonds is 2. The summed E-state index contributed by atoms with van der Waals surface area (Å²) in [7, 11) is 1.27. The van der Waals surface area contributed by atoms with Crippen LogP contribution in [0.3, 0.4) is 0 Å². The summed E-state index contributed by atoms with van der Waals surface area (Å²) in [5, 5.41) is 3.05. The molecule has 0 fully saturated rings. The molecule has 0 aromatic carbocycles. The predicted octanol–water partition coefficient (Wildman–Crippen LogP) is 2.78. The van der Waals surface area contributed by atoms with Gasteiger partial charge in [0, 0.05) is 5.75 Å². The highest BCUT2D eigenvalue weighted by Gasteiger charge is 2.33. The minimum atomic E-state index is -0.734. The van der Waals surface area contributed by atoms with Crippen LogP contribution in [0, 0.1) is 0 Å². The lowest BCUT2D eigenvalue weighted by atomic mass is 10.2. The van der Waals surface area contributed by atoms with Crippen molar-refractivity contribution in [1.82, 2.24) is 4.57 Å². The van der Waals surface area contributed by atoms with Gasteiger partial charge >= 0.3 is 12.1 Å². The molecule has 2 heterocycles. The van der Waals surface area contributed by atoms with Gasteiger partial charge in [-0.3, -0.25) is 14.7 Å². The Bertz CT molecular complexity index is 710. The number of anilines is 1. The van der Waals surface area contributed by atoms with E-state index in [1.54, 1.807) is 20.8 Å². The van der Waals surface area contributed by atoms with E-state index in [1.165, 1.54) is 29.5 Å². The number of aromatic nitrogens is 1. The molecule has 1 amide bonds. The molecule has 0 bridgehead atoms. The molecule has 0 aliphatic carbocycles. The fourth-order valence-corrected chi connectivity index (χ4v) is 3.96. The zero-order valence-corrected chi connectivity index (χ0v) is 15.5. The Morgan fingerprint density at radius 1 is 1.43 bits per heavy atom. The molecule has 1 aromatic heterocycles. The van der Waals surface area contributed by atoms with Gasteiger partial charge in [0.05, 0.1) is 16.6 Å². The first-order chi connectivity index (χ1) is 10.6. The van der Waals surface area contributed by atoms with Crippen molar-refractivity contribution in [3.8, 4) is 0 Å². The summed E-state index contributed by atoms with van der Waals surface area (Å²) in [6, 6.07) is 0.786. The van der Waals surface area contributed by atoms with Crippen LogP contribution in [0.2, 0.25) is 0 Å². The number of pyridine rings is 1. The molecule has 9 heteroatoms. The molecule has 0 saturated heterocycles. The number of fused-ring (bicyclic) bond motifs is 1. The highest BCUT2D eigenvalue weighted by molar-refractivity contribution is 9.10. The average molecular weight is 405 g/mol. The number of nitrogens with one attached hydrogen (secondary N) is 1. The number of hydrogen-bond donors (Lipinski definition) is 1. The third-order valence-electron chi connectivity index (χ3n) is 2.94. The van der Waals surface area contributed by atoms with Gasteiger partial charge < -0.3 is 9.47 Å². The quantitative estimate of drug-likeness (QED) is 0.762. The van der Waals surface area contributed by atoms with Gasteiger partial charge in [-0.25, -0.2) is 9.59 Å². The van der Waals surface area contributed by atoms with Crippen molar-refractivity contribution in [2.45, 2.75) is 37.4 Å². The number of carbonyl (C=O) groups excluding carboxylic acids is 2. The normalized spacial score (nSPS) is 16.7. The Kier molecular flexibility index (Phi) is 5.10. The van der Waals surface area contributed by atoms with Gasteiger partial charge in [0.25, 0.3) is 5.56 Å². The molecule has 1 N–H and O–H groups in total. The molecular weight excluding hydrogens is 388 g/mol. The molecule has 0 unspecified atom stereocenters. The minimum Gasteiger partial charge on any atom is -0.467 e. The Hall–Kier alpha value is -1.48. The van der Waals surface area contributed by atoms with Crippen LogP contribution in [-0.4, -0.2) is 35.1 Å². The van der Waals surface area contributed by atoms with Gasteiger partial charge in [-0.1, -0.05) is 0 Å². The van der Waals surface area contributed by atoms with Gasteiger partial charge in [-0.05, 0) is 42.8 Å². The summed E-state index contributed by atoms with van der Waals surface area (Å²) in [5.41, 5.74) is -1.13. The van der Waals surface area contributed by atoms with Crippen molar-refractivity contribution in [2.24, 2.45) is 0 Å². The largest absolute Gasteiger partial charge is 0.467 e. The summed E-state index contributed by atoms with van der Waals surface area (Å²) in [6.45, 7) is 5.17. The van der Waals surface area contributed by atoms with E-state index in [2.05, 4.69) is 21.2 Å². The smallest absolute Gasteiger partial charge is 0.412 e. The fourth-order valence-electron chi connectivity index (χ4n) is 2.05. The molecule has 1 aromatic rings. The first-order valence-corrected chi connectivity index (χ1v) is 8.57. The minimum absolute atomic E-state index is 0.0336. The molecule has 0 spiro atoms. The number of esters is 1. The SMILES string of the molecule is COC(=O)[C@@H]1CSc2c(Br)cc(NC(=O)OC(C)(C)C)c(=O)n21. The van der Waals surface area contributed by atoms with E-state index in [4.69, 9.17) is 9.47 Å². The lowest BCUT2D eigenvalue weighted by Gasteiger charge is -2.20. The number of nitrogens with zero attached hydrogens (tertiary/aromatic N) is 1. The van der Waals surface area contributed by atoms with E-state index in [0.29, 0.717) is 15.3 Å². The van der Waals surface area contributed by atoms with Gasteiger partial charge in [0.15, 0.2) is 0 Å². The van der Waals surface area contributed by atoms with Crippen LogP contribution in [0.25, 0.3) is 0 Å². The predicted molar refractivity (Wildman–Crippen MR) is 90.0 cm³/mol. The van der Waals surface area contributed by atoms with Crippen LogP contribution < -0.4 is 10.9 Å². The number of methoxy groups -OCH3 is 1. The lowest BCUT2D eigenvalue weighted by molar-refractivity contribution is -0.143. The number of halogens is 1. The van der Waals surface area contributed by atoms with Gasteiger partial charge in [-0.15, -0.1) is 11.8 Å². The van der Waals surface area contributed by atoms with Crippen LogP contribution in [0.4, 0.5) is 10.5 Å². The molecular formula is C14H17BrN2O5S. The zero-order chi connectivity index (χ0) is 17.4. The van der Waals surface area contributed by atoms with E-state index >= 15 is 0 Å². The Balaban J connectivity index is 2.38. The maximum Gasteiger partial charge on any atom is 0.412 e. The topological polar surface area (TPSA) is 86.6 Å². The van der Waals surface area contributed by atoms with E-state index in [0.717, 1.165) is 0 Å². The van der Waals surface area contributed by atoms with Crippen LogP contribution in [0.15, 0.2) is 20.4 Å². The molecule has 1 aliphatic heterocycles. The molecule has 126 valence electrons. The molecule has 0 radical (unpaired) electrons. The molecule has 7 nitrogen and oxygen atoms in total. The molecule has 2 rings (SSSR count). The molecule has 1 atom stereocenters. The van der Waals surface area contributed by atoms with Gasteiger partial charge in [0.1, 0.15) is 17.3 Å². The van der Waals surface area contributed by atoms with E-state index in [1.807, 2.05) is 0 Å². The van der Waals surface area contributed by atoms with E-state index < -0.39 is 29.3 Å². The van der Waals surface area contributed by atoms with Crippen molar-refractivity contribution in [1.29, 1.82) is 0 Å². The van der Waals surface area contributed by atoms with Crippen LogP contribution in [0.5, 0.6) is 0 Å². The second-order valence-corrected chi connectivity index (χ2v) is 7.73. The first kappa shape index (κ1) is 17.9. The Morgan fingerprint density at radius 3 is 2.65 bits per heavy atom. The highest BCUT2D eigenvalue weighted by atomic mass is 79.9. The number of amides is 1. The highest BCUT2D eigenvalue weighted by Crippen LogP contribution is 2.38. The van der Waals surface area contributed by atoms with Crippen molar-refractivity contribution < 1.29 is 19.1 Å². The number of ether oxygens (including phenoxy) is 2. The Morgan fingerprint density at radius 2 is 2.09 bits per heavy atom. The van der Waals surface area contributed by atoms with Crippen molar-refractivity contribution in [3.05, 3.63) is 20.9 Å². The first-order valence-electron chi connectivity index (χ1n) is 6.79. The van der Waals surface area contributed by atoms with Crippen molar-refractivity contribution >= 4 is 45.4 Å². The third-order valence-corrected chi connectivity index (χ3v) is 4.98. The number of thioether (sulfide) groups is 1. The number of hydrogen-bond acceptors (Lipinski definition) is 6. The summed E-state index contributed by atoms with van der Waals surface area (Å²) in [4.78, 5) is 36.3. The zero-order valence-electron chi connectivity index (χ0n) is 13.1. The van der Waals surface area contributed by atoms with Gasteiger partial charge in [-0.2, -0.15) is 0 Å². The standard InChI is InChI=1S/C14H17BrN2O5S/c1-14(2,3)22-13(20)16-8-5-7(15)11-17(10(8)18)9(6-23-11)12(19)21-4/h5,9H,6H2,1-4H3,(H,16,20)/t9-/m0/s1.